The fourth-order valence-corrected chi connectivity index (χ4v) is 0.588. The van der Waals surface area contributed by atoms with Crippen molar-refractivity contribution in [3.05, 3.63) is 22.0 Å². The topological polar surface area (TPSA) is 104 Å². The Morgan fingerprint density at radius 3 is 3.18 bits per heavy atom. The van der Waals surface area contributed by atoms with Crippen LogP contribution in [0.25, 0.3) is 0 Å². The Kier molecular flexibility index (Phi) is 1.81. The Morgan fingerprint density at radius 2 is 2.64 bits per heavy atom. The first-order chi connectivity index (χ1) is 5.25. The van der Waals surface area contributed by atoms with Gasteiger partial charge in [0.25, 0.3) is 0 Å². The Balaban J connectivity index is 3.05. The minimum Gasteiger partial charge on any atom is -0.411 e. The van der Waals surface area contributed by atoms with E-state index in [0.717, 1.165) is 12.4 Å². The van der Waals surface area contributed by atoms with Crippen LogP contribution >= 0.6 is 0 Å². The largest absolute Gasteiger partial charge is 0.411 e. The van der Waals surface area contributed by atoms with Gasteiger partial charge < -0.3 is 5.21 Å². The molecule has 0 radical (unpaired) electrons. The van der Waals surface area contributed by atoms with E-state index in [4.69, 9.17) is 5.21 Å². The van der Waals surface area contributed by atoms with E-state index in [1.54, 1.807) is 0 Å². The molecule has 0 aliphatic rings. The molecule has 0 aromatic carbocycles. The van der Waals surface area contributed by atoms with Crippen LogP contribution in [-0.4, -0.2) is 26.5 Å². The molecule has 1 aromatic rings. The van der Waals surface area contributed by atoms with Crippen molar-refractivity contribution >= 4 is 11.9 Å². The van der Waals surface area contributed by atoms with Crippen LogP contribution < -0.4 is 0 Å². The molecule has 0 unspecified atom stereocenters. The number of hydrogen-bond donors (Lipinski definition) is 2. The summed E-state index contributed by atoms with van der Waals surface area (Å²) in [6.07, 6.45) is 1.95. The predicted octanol–water partition coefficient (Wildman–Crippen LogP) is 0.126. The normalized spacial score (nSPS) is 10.5. The zero-order valence-electron chi connectivity index (χ0n) is 5.26. The number of oxime groups is 1. The summed E-state index contributed by atoms with van der Waals surface area (Å²) in [5, 5.41) is 26.5. The second kappa shape index (κ2) is 2.78. The third-order valence-electron chi connectivity index (χ3n) is 1.03. The molecular formula is C4H4N4O3. The van der Waals surface area contributed by atoms with Gasteiger partial charge in [0.2, 0.25) is 0 Å². The van der Waals surface area contributed by atoms with E-state index >= 15 is 0 Å². The van der Waals surface area contributed by atoms with Gasteiger partial charge in [-0.05, 0) is 0 Å². The zero-order valence-corrected chi connectivity index (χ0v) is 5.26. The van der Waals surface area contributed by atoms with Crippen molar-refractivity contribution in [1.29, 1.82) is 0 Å². The van der Waals surface area contributed by atoms with E-state index in [-0.39, 0.29) is 11.4 Å². The Morgan fingerprint density at radius 1 is 1.91 bits per heavy atom. The van der Waals surface area contributed by atoms with Gasteiger partial charge >= 0.3 is 5.69 Å². The molecule has 0 spiro atoms. The van der Waals surface area contributed by atoms with Crippen LogP contribution in [0.2, 0.25) is 0 Å². The van der Waals surface area contributed by atoms with Gasteiger partial charge in [0.05, 0.1) is 11.1 Å². The van der Waals surface area contributed by atoms with Gasteiger partial charge in [0.1, 0.15) is 6.20 Å². The van der Waals surface area contributed by atoms with E-state index < -0.39 is 4.92 Å². The van der Waals surface area contributed by atoms with Crippen LogP contribution in [0.5, 0.6) is 0 Å². The Labute approximate surface area is 60.5 Å². The minimum absolute atomic E-state index is 0.0671. The molecule has 1 heterocycles. The van der Waals surface area contributed by atoms with Gasteiger partial charge in [0.15, 0.2) is 5.69 Å². The number of nitrogens with one attached hydrogen (secondary N) is 1. The molecule has 0 saturated carbocycles. The maximum absolute atomic E-state index is 10.2. The lowest BCUT2D eigenvalue weighted by atomic mass is 10.4. The summed E-state index contributed by atoms with van der Waals surface area (Å²) in [4.78, 5) is 9.54. The van der Waals surface area contributed by atoms with Crippen molar-refractivity contribution < 1.29 is 10.1 Å². The average Bonchev–Trinajstić information content (AvgIpc) is 2.36. The molecule has 7 heteroatoms. The van der Waals surface area contributed by atoms with Crippen molar-refractivity contribution in [3.8, 4) is 0 Å². The molecule has 11 heavy (non-hydrogen) atoms. The molecular weight excluding hydrogens is 152 g/mol. The molecule has 58 valence electrons. The first kappa shape index (κ1) is 7.19. The second-order valence-electron chi connectivity index (χ2n) is 1.67. The van der Waals surface area contributed by atoms with Crippen LogP contribution in [0.1, 0.15) is 5.69 Å². The van der Waals surface area contributed by atoms with Gasteiger partial charge in [0, 0.05) is 0 Å². The van der Waals surface area contributed by atoms with Crippen molar-refractivity contribution in [1.82, 2.24) is 10.2 Å². The third kappa shape index (κ3) is 1.31. The lowest BCUT2D eigenvalue weighted by Crippen LogP contribution is -1.91. The van der Waals surface area contributed by atoms with Crippen LogP contribution in [0.3, 0.4) is 0 Å². The fourth-order valence-electron chi connectivity index (χ4n) is 0.588. The van der Waals surface area contributed by atoms with Crippen molar-refractivity contribution in [2.75, 3.05) is 0 Å². The number of aromatic amines is 1. The molecule has 0 amide bonds. The highest BCUT2D eigenvalue weighted by atomic mass is 16.6. The molecule has 2 N–H and O–H groups in total. The monoisotopic (exact) mass is 156 g/mol. The van der Waals surface area contributed by atoms with Crippen molar-refractivity contribution in [2.24, 2.45) is 5.16 Å². The lowest BCUT2D eigenvalue weighted by Gasteiger charge is -1.84. The highest BCUT2D eigenvalue weighted by Crippen LogP contribution is 2.11. The Hall–Kier alpha value is -1.92. The summed E-state index contributed by atoms with van der Waals surface area (Å²) in [5.74, 6) is 0. The third-order valence-corrected chi connectivity index (χ3v) is 1.03. The highest BCUT2D eigenvalue weighted by molar-refractivity contribution is 5.81. The number of nitro groups is 1. The van der Waals surface area contributed by atoms with Crippen molar-refractivity contribution in [3.63, 3.8) is 0 Å². The molecule has 1 aromatic heterocycles. The predicted molar refractivity (Wildman–Crippen MR) is 34.6 cm³/mol. The summed E-state index contributed by atoms with van der Waals surface area (Å²) in [6, 6.07) is 0. The van der Waals surface area contributed by atoms with Gasteiger partial charge in [-0.1, -0.05) is 5.16 Å². The number of aromatic nitrogens is 2. The first-order valence-electron chi connectivity index (χ1n) is 2.61. The number of H-pyrrole nitrogens is 1. The molecule has 0 aliphatic heterocycles. The lowest BCUT2D eigenvalue weighted by molar-refractivity contribution is -0.385. The molecule has 0 saturated heterocycles. The van der Waals surface area contributed by atoms with Gasteiger partial charge in [-0.3, -0.25) is 15.2 Å². The summed E-state index contributed by atoms with van der Waals surface area (Å²) in [7, 11) is 0. The standard InChI is InChI=1S/C4H4N4O3/c9-6-1-3-4(8(10)11)2-5-7-3/h1-2,9H,(H,5,7)/b6-1+. The molecule has 1 rings (SSSR count). The zero-order chi connectivity index (χ0) is 8.27. The van der Waals surface area contributed by atoms with E-state index in [2.05, 4.69) is 15.4 Å². The number of rotatable bonds is 2. The molecule has 7 nitrogen and oxygen atoms in total. The van der Waals surface area contributed by atoms with Crippen LogP contribution in [-0.2, 0) is 0 Å². The number of hydrogen-bond acceptors (Lipinski definition) is 5. The fraction of sp³-hybridized carbons (Fsp3) is 0. The van der Waals surface area contributed by atoms with E-state index in [1.807, 2.05) is 0 Å². The summed E-state index contributed by atoms with van der Waals surface area (Å²) in [6.45, 7) is 0. The molecule has 0 atom stereocenters. The van der Waals surface area contributed by atoms with Crippen LogP contribution in [0, 0.1) is 10.1 Å². The Bertz CT molecular complexity index is 291. The van der Waals surface area contributed by atoms with E-state index in [1.165, 1.54) is 0 Å². The minimum atomic E-state index is -0.624. The van der Waals surface area contributed by atoms with Gasteiger partial charge in [-0.15, -0.1) is 0 Å². The smallest absolute Gasteiger partial charge is 0.315 e. The van der Waals surface area contributed by atoms with Crippen molar-refractivity contribution in [2.45, 2.75) is 0 Å². The van der Waals surface area contributed by atoms with Gasteiger partial charge in [-0.25, -0.2) is 0 Å². The van der Waals surface area contributed by atoms with Gasteiger partial charge in [-0.2, -0.15) is 5.10 Å². The van der Waals surface area contributed by atoms with Crippen LogP contribution in [0.15, 0.2) is 11.4 Å². The van der Waals surface area contributed by atoms with E-state index in [9.17, 15) is 10.1 Å². The van der Waals surface area contributed by atoms with E-state index in [0.29, 0.717) is 0 Å². The maximum atomic E-state index is 10.2. The first-order valence-corrected chi connectivity index (χ1v) is 2.61. The quantitative estimate of drug-likeness (QED) is 0.274. The molecule has 0 aliphatic carbocycles. The second-order valence-corrected chi connectivity index (χ2v) is 1.67. The number of nitrogens with zero attached hydrogens (tertiary/aromatic N) is 3. The summed E-state index contributed by atoms with van der Waals surface area (Å²) < 4.78 is 0. The maximum Gasteiger partial charge on any atom is 0.315 e. The average molecular weight is 156 g/mol. The highest BCUT2D eigenvalue weighted by Gasteiger charge is 2.13. The molecule has 0 fully saturated rings. The van der Waals surface area contributed by atoms with Crippen LogP contribution in [0.4, 0.5) is 5.69 Å². The summed E-state index contributed by atoms with van der Waals surface area (Å²) in [5.41, 5.74) is -0.152. The summed E-state index contributed by atoms with van der Waals surface area (Å²) >= 11 is 0. The molecule has 0 bridgehead atoms. The SMILES string of the molecule is O=[N+]([O-])c1cn[nH]c1/C=N/O.